The molecule has 0 N–H and O–H groups in total. The molecule has 2 aromatic rings. The molecule has 1 aliphatic heterocycles. The van der Waals surface area contributed by atoms with Gasteiger partial charge in [-0.25, -0.2) is 4.98 Å². The zero-order valence-corrected chi connectivity index (χ0v) is 14.9. The smallest absolute Gasteiger partial charge is 0.227 e. The van der Waals surface area contributed by atoms with E-state index in [0.29, 0.717) is 6.04 Å². The van der Waals surface area contributed by atoms with Crippen molar-refractivity contribution in [2.24, 2.45) is 7.05 Å². The molecule has 1 aliphatic rings. The number of aryl methyl sites for hydroxylation is 1. The summed E-state index contributed by atoms with van der Waals surface area (Å²) >= 11 is 0. The first-order valence-corrected chi connectivity index (χ1v) is 8.33. The fraction of sp³-hybridized carbons (Fsp3) is 0.625. The minimum Gasteiger partial charge on any atom is -0.363 e. The van der Waals surface area contributed by atoms with Gasteiger partial charge in [0.05, 0.1) is 5.69 Å². The van der Waals surface area contributed by atoms with E-state index < -0.39 is 0 Å². The third-order valence-corrected chi connectivity index (χ3v) is 4.47. The van der Waals surface area contributed by atoms with Crippen molar-refractivity contribution in [3.8, 4) is 0 Å². The molecule has 8 nitrogen and oxygen atoms in total. The van der Waals surface area contributed by atoms with Crippen molar-refractivity contribution in [3.63, 3.8) is 0 Å². The number of hydrogen-bond donors (Lipinski definition) is 0. The summed E-state index contributed by atoms with van der Waals surface area (Å²) in [5, 5.41) is 8.21. The van der Waals surface area contributed by atoms with Crippen molar-refractivity contribution in [2.45, 2.75) is 25.4 Å². The molecule has 24 heavy (non-hydrogen) atoms. The van der Waals surface area contributed by atoms with Crippen LogP contribution in [-0.2, 0) is 13.6 Å². The molecule has 0 amide bonds. The minimum atomic E-state index is 0.410. The predicted octanol–water partition coefficient (Wildman–Crippen LogP) is 0.772. The van der Waals surface area contributed by atoms with Gasteiger partial charge in [-0.2, -0.15) is 4.98 Å². The van der Waals surface area contributed by atoms with Crippen molar-refractivity contribution in [1.82, 2.24) is 29.9 Å². The molecule has 0 saturated carbocycles. The first-order valence-electron chi connectivity index (χ1n) is 8.33. The van der Waals surface area contributed by atoms with E-state index in [9.17, 15) is 0 Å². The average Bonchev–Trinajstić information content (AvgIpc) is 2.99. The van der Waals surface area contributed by atoms with Gasteiger partial charge in [-0.05, 0) is 25.5 Å². The number of aromatic nitrogens is 5. The Kier molecular flexibility index (Phi) is 4.94. The molecule has 8 heteroatoms. The maximum absolute atomic E-state index is 4.66. The van der Waals surface area contributed by atoms with Gasteiger partial charge in [-0.15, -0.1) is 5.10 Å². The van der Waals surface area contributed by atoms with E-state index in [4.69, 9.17) is 0 Å². The Morgan fingerprint density at radius 3 is 2.83 bits per heavy atom. The van der Waals surface area contributed by atoms with Gasteiger partial charge in [0, 0.05) is 59.7 Å². The van der Waals surface area contributed by atoms with Crippen LogP contribution in [0.3, 0.4) is 0 Å². The van der Waals surface area contributed by atoms with Gasteiger partial charge in [0.15, 0.2) is 0 Å². The van der Waals surface area contributed by atoms with Crippen molar-refractivity contribution in [3.05, 3.63) is 24.2 Å². The Hall–Kier alpha value is -2.22. The van der Waals surface area contributed by atoms with Crippen LogP contribution >= 0.6 is 0 Å². The van der Waals surface area contributed by atoms with Crippen molar-refractivity contribution in [2.75, 3.05) is 44.0 Å². The number of anilines is 2. The van der Waals surface area contributed by atoms with Gasteiger partial charge in [-0.1, -0.05) is 5.21 Å². The summed E-state index contributed by atoms with van der Waals surface area (Å²) < 4.78 is 1.75. The SMILES string of the molecule is CN(C)c1ccnc(N(C)C2CCCN(Cc3cn(C)nn3)C2)n1. The number of likely N-dealkylation sites (tertiary alicyclic amines) is 1. The third kappa shape index (κ3) is 3.81. The van der Waals surface area contributed by atoms with E-state index in [-0.39, 0.29) is 0 Å². The minimum absolute atomic E-state index is 0.410. The van der Waals surface area contributed by atoms with Crippen molar-refractivity contribution < 1.29 is 0 Å². The highest BCUT2D eigenvalue weighted by molar-refractivity contribution is 5.42. The summed E-state index contributed by atoms with van der Waals surface area (Å²) in [5.74, 6) is 1.71. The lowest BCUT2D eigenvalue weighted by Crippen LogP contribution is -2.46. The van der Waals surface area contributed by atoms with Crippen molar-refractivity contribution in [1.29, 1.82) is 0 Å². The van der Waals surface area contributed by atoms with Crippen LogP contribution in [0.4, 0.5) is 11.8 Å². The zero-order valence-electron chi connectivity index (χ0n) is 14.9. The van der Waals surface area contributed by atoms with Crippen LogP contribution < -0.4 is 9.80 Å². The fourth-order valence-electron chi connectivity index (χ4n) is 3.11. The number of rotatable bonds is 5. The lowest BCUT2D eigenvalue weighted by molar-refractivity contribution is 0.196. The Balaban J connectivity index is 1.66. The number of piperidine rings is 1. The summed E-state index contributed by atoms with van der Waals surface area (Å²) in [6.45, 7) is 2.93. The second-order valence-electron chi connectivity index (χ2n) is 6.63. The zero-order chi connectivity index (χ0) is 17.1. The highest BCUT2D eigenvalue weighted by Crippen LogP contribution is 2.21. The highest BCUT2D eigenvalue weighted by atomic mass is 15.4. The molecule has 0 aromatic carbocycles. The summed E-state index contributed by atoms with van der Waals surface area (Å²) in [4.78, 5) is 15.7. The molecule has 0 spiro atoms. The van der Waals surface area contributed by atoms with E-state index in [1.807, 2.05) is 44.5 Å². The van der Waals surface area contributed by atoms with Gasteiger partial charge in [0.2, 0.25) is 5.95 Å². The molecule has 1 fully saturated rings. The standard InChI is InChI=1S/C16H26N8/c1-21(2)15-7-8-17-16(18-15)23(4)14-6-5-9-24(12-14)11-13-10-22(3)20-19-13/h7-8,10,14H,5-6,9,11-12H2,1-4H3. The first-order chi connectivity index (χ1) is 11.5. The molecule has 0 bridgehead atoms. The number of likely N-dealkylation sites (N-methyl/N-ethyl adjacent to an activating group) is 1. The molecule has 1 unspecified atom stereocenters. The van der Waals surface area contributed by atoms with Crippen LogP contribution in [0.1, 0.15) is 18.5 Å². The Labute approximate surface area is 143 Å². The largest absolute Gasteiger partial charge is 0.363 e. The molecule has 130 valence electrons. The summed E-state index contributed by atoms with van der Waals surface area (Å²) in [6.07, 6.45) is 6.14. The lowest BCUT2D eigenvalue weighted by atomic mass is 10.0. The van der Waals surface area contributed by atoms with Crippen LogP contribution in [0.2, 0.25) is 0 Å². The molecule has 1 saturated heterocycles. The second kappa shape index (κ2) is 7.12. The van der Waals surface area contributed by atoms with Gasteiger partial charge in [-0.3, -0.25) is 9.58 Å². The van der Waals surface area contributed by atoms with Crippen LogP contribution in [-0.4, -0.2) is 70.1 Å². The number of hydrogen-bond acceptors (Lipinski definition) is 7. The topological polar surface area (TPSA) is 66.2 Å². The predicted molar refractivity (Wildman–Crippen MR) is 94.1 cm³/mol. The van der Waals surface area contributed by atoms with Crippen LogP contribution in [0.25, 0.3) is 0 Å². The van der Waals surface area contributed by atoms with Crippen molar-refractivity contribution >= 4 is 11.8 Å². The summed E-state index contributed by atoms with van der Waals surface area (Å²) in [5.41, 5.74) is 1.02. The molecule has 3 rings (SSSR count). The van der Waals surface area contributed by atoms with Gasteiger partial charge >= 0.3 is 0 Å². The number of nitrogens with zero attached hydrogens (tertiary/aromatic N) is 8. The molecule has 1 atom stereocenters. The molecular weight excluding hydrogens is 304 g/mol. The maximum Gasteiger partial charge on any atom is 0.227 e. The Bertz CT molecular complexity index is 668. The third-order valence-electron chi connectivity index (χ3n) is 4.47. The van der Waals surface area contributed by atoms with E-state index in [1.54, 1.807) is 4.68 Å². The average molecular weight is 330 g/mol. The van der Waals surface area contributed by atoms with E-state index in [0.717, 1.165) is 43.5 Å². The maximum atomic E-state index is 4.66. The molecule has 0 radical (unpaired) electrons. The molecule has 2 aromatic heterocycles. The first kappa shape index (κ1) is 16.6. The van der Waals surface area contributed by atoms with E-state index >= 15 is 0 Å². The monoisotopic (exact) mass is 330 g/mol. The van der Waals surface area contributed by atoms with Gasteiger partial charge in [0.1, 0.15) is 5.82 Å². The molecule has 0 aliphatic carbocycles. The lowest BCUT2D eigenvalue weighted by Gasteiger charge is -2.37. The normalized spacial score (nSPS) is 18.6. The highest BCUT2D eigenvalue weighted by Gasteiger charge is 2.25. The van der Waals surface area contributed by atoms with Crippen LogP contribution in [0, 0.1) is 0 Å². The van der Waals surface area contributed by atoms with Crippen LogP contribution in [0.15, 0.2) is 18.5 Å². The molecule has 3 heterocycles. The Morgan fingerprint density at radius 2 is 2.12 bits per heavy atom. The van der Waals surface area contributed by atoms with Crippen LogP contribution in [0.5, 0.6) is 0 Å². The fourth-order valence-corrected chi connectivity index (χ4v) is 3.11. The van der Waals surface area contributed by atoms with E-state index in [2.05, 4.69) is 37.1 Å². The summed E-state index contributed by atoms with van der Waals surface area (Å²) in [6, 6.07) is 2.34. The molecular formula is C16H26N8. The second-order valence-corrected chi connectivity index (χ2v) is 6.63. The Morgan fingerprint density at radius 1 is 1.29 bits per heavy atom. The summed E-state index contributed by atoms with van der Waals surface area (Å²) in [7, 11) is 7.98. The van der Waals surface area contributed by atoms with Gasteiger partial charge in [0.25, 0.3) is 0 Å². The van der Waals surface area contributed by atoms with Gasteiger partial charge < -0.3 is 9.80 Å². The van der Waals surface area contributed by atoms with E-state index in [1.165, 1.54) is 6.42 Å². The quantitative estimate of drug-likeness (QED) is 0.802.